The molecule has 0 aliphatic carbocycles. The number of aromatic amines is 5. The van der Waals surface area contributed by atoms with Crippen LogP contribution < -0.4 is 93.5 Å². The highest BCUT2D eigenvalue weighted by Crippen LogP contribution is 2.40. The van der Waals surface area contributed by atoms with Crippen molar-refractivity contribution in [3.8, 4) is 40.8 Å². The molecule has 0 aliphatic rings. The zero-order chi connectivity index (χ0) is 109. The Morgan fingerprint density at radius 1 is 0.407 bits per heavy atom. The van der Waals surface area contributed by atoms with E-state index in [2.05, 4.69) is 153 Å². The highest BCUT2D eigenvalue weighted by Gasteiger charge is 2.35. The van der Waals surface area contributed by atoms with Gasteiger partial charge in [-0.05, 0) is 168 Å². The first-order valence-electron chi connectivity index (χ1n) is 42.1. The lowest BCUT2D eigenvalue weighted by atomic mass is 10.2. The summed E-state index contributed by atoms with van der Waals surface area (Å²) in [5.41, 5.74) is 26.1. The molecule has 0 fully saturated rings. The second-order valence-corrected chi connectivity index (χ2v) is 31.6. The number of urea groups is 1. The summed E-state index contributed by atoms with van der Waals surface area (Å²) in [7, 11) is 8.59. The predicted molar refractivity (Wildman–Crippen MR) is 562 cm³/mol. The van der Waals surface area contributed by atoms with Gasteiger partial charge in [-0.1, -0.05) is 73.9 Å². The number of rotatable bonds is 24. The molecule has 47 nitrogen and oxygen atoms in total. The number of hydrogen-bond donors (Lipinski definition) is 18. The number of aryl methyl sites for hydroxylation is 9. The Morgan fingerprint density at radius 2 is 0.747 bits per heavy atom. The number of methoxy groups -OCH3 is 5. The summed E-state index contributed by atoms with van der Waals surface area (Å²) in [4.78, 5) is 73.9. The summed E-state index contributed by atoms with van der Waals surface area (Å²) in [6.45, 7) is 16.9. The lowest BCUT2D eigenvalue weighted by Crippen LogP contribution is -2.20. The summed E-state index contributed by atoms with van der Waals surface area (Å²) in [6.07, 6.45) is -0.431. The number of nitriles is 1. The third kappa shape index (κ3) is 37.9. The number of aromatic nitrogens is 20. The molecule has 150 heavy (non-hydrogen) atoms. The maximum Gasteiger partial charge on any atom is 0.417 e. The molecule has 6 aromatic carbocycles. The number of carbonyl (C=O) groups excluding carboxylic acids is 1. The van der Waals surface area contributed by atoms with Gasteiger partial charge in [-0.2, -0.15) is 71.8 Å². The third-order valence-corrected chi connectivity index (χ3v) is 19.9. The number of nitro groups is 2. The number of nitrogens with two attached hydrogens (primary N) is 3. The lowest BCUT2D eigenvalue weighted by Gasteiger charge is -2.14. The van der Waals surface area contributed by atoms with Crippen LogP contribution in [0.15, 0.2) is 171 Å². The van der Waals surface area contributed by atoms with E-state index in [4.69, 9.17) is 109 Å². The van der Waals surface area contributed by atoms with Gasteiger partial charge >= 0.3 is 18.4 Å². The summed E-state index contributed by atoms with van der Waals surface area (Å²) in [5.74, 6) is 7.79. The first-order valence-corrected chi connectivity index (χ1v) is 44.0. The van der Waals surface area contributed by atoms with Crippen molar-refractivity contribution in [3.05, 3.63) is 278 Å². The number of anilines is 19. The van der Waals surface area contributed by atoms with Gasteiger partial charge in [0.1, 0.15) is 11.6 Å². The number of halogens is 11. The maximum absolute atomic E-state index is 13.1. The van der Waals surface area contributed by atoms with Gasteiger partial charge in [-0.15, -0.1) is 5.26 Å². The van der Waals surface area contributed by atoms with E-state index in [-0.39, 0.29) is 65.3 Å². The lowest BCUT2D eigenvalue weighted by molar-refractivity contribution is -0.385. The van der Waals surface area contributed by atoms with Crippen molar-refractivity contribution in [2.45, 2.75) is 89.5 Å². The topological polar surface area (TPSA) is 661 Å². The average molecular weight is 2180 g/mol. The minimum atomic E-state index is -4.65. The van der Waals surface area contributed by atoms with Crippen molar-refractivity contribution < 1.29 is 74.5 Å². The Kier molecular flexibility index (Phi) is 46.5. The highest BCUT2D eigenvalue weighted by molar-refractivity contribution is 6.33. The number of nitrogens with one attached hydrogen (secondary N) is 14. The van der Waals surface area contributed by atoms with E-state index in [1.54, 1.807) is 62.7 Å². The van der Waals surface area contributed by atoms with Gasteiger partial charge in [0, 0.05) is 124 Å². The smallest absolute Gasteiger partial charge is 0.417 e. The van der Waals surface area contributed by atoms with Gasteiger partial charge in [0.15, 0.2) is 80.4 Å². The molecule has 0 saturated carbocycles. The standard InChI is InChI=1S/C24H22ClF3N8O2.C16H17N7O3.C16H19N7O.C9H10ClN5O.C8H3ClF3NO.C7H8N2O2.C5H4Cl2N2O.C4H7N3.CH4O.2CH4/c1-12-4-5-15(31-23(37)30-14-6-7-17(25)16(9-14)24(26,27)28)10-18(12)32-22-29-11-19(38-3)21(34-22)33-20-8-13(2)35-36-20;1-9-4-5-11(23(24)25)7-12(9)18-16-17-8-13(26-3)15(20-16)19-14-6-10(2)21-22-14;1-9-4-5-11(17)7-12(9)19-16-18-8-13(24-3)15(21-16)20-14-6-10(2)22-23-14;1-5-3-7(15-14-5)12-8-6(16-2)4-11-9(10)13-8;9-7-2-1-5(14-4-13)3-6(7)8(10,11)12;1-5-2-3-6(9(10)11)4-7(5)8;1-10-3-2-8-5(7)9-4(3)6;1-3-2-4(5)7-6-3;1-2;;/h4-11H,1-3H3,(H2,30,31,37)(H3,29,32,33,34,35,36);4-8H,1-3H3,(H3,17,18,19,20,21,22);4-8H,17H2,1-3H3,(H3,18,19,20,21,22,23);3-4H,1-2H3,(H2,11,12,13,14,15);1-3H;2-4H,8H2,1H3;2H,1H3;2H,1H3,(H3,5,6,7);2H,1H3;2*1H4. The van der Waals surface area contributed by atoms with Crippen molar-refractivity contribution in [1.29, 1.82) is 5.26 Å². The molecule has 0 unspecified atom stereocenters. The van der Waals surface area contributed by atoms with Crippen LogP contribution in [0.25, 0.3) is 0 Å². The highest BCUT2D eigenvalue weighted by atomic mass is 35.5. The quantitative estimate of drug-likeness (QED) is 0.00508. The van der Waals surface area contributed by atoms with Gasteiger partial charge in [-0.3, -0.25) is 45.7 Å². The third-order valence-electron chi connectivity index (χ3n) is 18.6. The average Bonchev–Trinajstić information content (AvgIpc) is 1.17. The Labute approximate surface area is 877 Å². The summed E-state index contributed by atoms with van der Waals surface area (Å²) in [6, 6.07) is 34.0. The van der Waals surface area contributed by atoms with Gasteiger partial charge in [0.2, 0.25) is 28.4 Å². The number of hydrogen-bond acceptors (Lipinski definition) is 38. The molecule has 16 rings (SSSR count). The van der Waals surface area contributed by atoms with E-state index in [9.17, 15) is 51.4 Å². The fourth-order valence-electron chi connectivity index (χ4n) is 11.4. The van der Waals surface area contributed by atoms with Gasteiger partial charge in [0.25, 0.3) is 17.6 Å². The monoisotopic (exact) mass is 2180 g/mol. The molecule has 16 aromatic rings. The van der Waals surface area contributed by atoms with Crippen LogP contribution in [0.3, 0.4) is 0 Å². The van der Waals surface area contributed by atoms with Gasteiger partial charge in [-0.25, -0.2) is 34.7 Å². The van der Waals surface area contributed by atoms with Crippen molar-refractivity contribution in [3.63, 3.8) is 0 Å². The van der Waals surface area contributed by atoms with E-state index < -0.39 is 49.4 Å². The second-order valence-electron chi connectivity index (χ2n) is 29.7. The fraction of sp³-hybridized carbons (Fsp3) is 0.207. The largest absolute Gasteiger partial charge is 0.492 e. The number of alkyl halides is 6. The van der Waals surface area contributed by atoms with E-state index >= 15 is 0 Å². The zero-order valence-electron chi connectivity index (χ0n) is 80.5. The van der Waals surface area contributed by atoms with Crippen molar-refractivity contribution in [2.24, 2.45) is 0 Å². The molecule has 0 aliphatic heterocycles. The summed E-state index contributed by atoms with van der Waals surface area (Å²) in [5, 5.41) is 96.4. The molecule has 0 atom stereocenters. The first-order chi connectivity index (χ1) is 70.3. The number of benzene rings is 6. The molecule has 794 valence electrons. The minimum Gasteiger partial charge on any atom is -0.492 e. The molecule has 10 heterocycles. The van der Waals surface area contributed by atoms with Gasteiger partial charge < -0.3 is 98.6 Å². The number of ether oxygens (including phenoxy) is 6. The zero-order valence-corrected chi connectivity index (χ0v) is 84.3. The number of aliphatic hydroxyl groups is 1. The van der Waals surface area contributed by atoms with Crippen LogP contribution in [0, 0.1) is 94.1 Å². The van der Waals surface area contributed by atoms with Crippen LogP contribution >= 0.6 is 58.0 Å². The SMILES string of the molecule is C.C.CO.COc1cnc(Cl)nc1Cl.COc1cnc(Cl)nc1Nc1cc(C)[nH]n1.COc1cnc(Nc2cc(N)ccc2C)nc1Nc1cc(C)[nH]n1.COc1cnc(Nc2cc(NC(=O)Nc3ccc(Cl)c(C(F)(F)F)c3)ccc2C)nc1Nc1cc(C)[nH]n1.COc1cnc(Nc2cc([N+](=O)[O-])ccc2C)nc1Nc1cc(C)[nH]n1.Cc1cc(N)n[nH]1.Cc1ccc([N+](=O)[O-])cc1N.N#COc1ccc(Cl)c(C(F)(F)F)c1. The van der Waals surface area contributed by atoms with Crippen LogP contribution in [-0.2, 0) is 12.4 Å². The molecular formula is C92H102Cl5F6N35O12. The number of carbonyl (C=O) groups is 1. The Morgan fingerprint density at radius 3 is 1.11 bits per heavy atom. The predicted octanol–water partition coefficient (Wildman–Crippen LogP) is 22.3. The molecule has 58 heteroatoms. The Hall–Kier alpha value is -17.9. The second kappa shape index (κ2) is 57.7. The van der Waals surface area contributed by atoms with E-state index in [0.29, 0.717) is 122 Å². The summed E-state index contributed by atoms with van der Waals surface area (Å²) < 4.78 is 106. The molecule has 2 amide bonds. The number of nitro benzene ring substituents is 2. The number of aliphatic hydroxyl groups excluding tert-OH is 1. The van der Waals surface area contributed by atoms with Crippen molar-refractivity contribution in [1.82, 2.24) is 101 Å². The molecular weight excluding hydrogens is 2080 g/mol. The van der Waals surface area contributed by atoms with E-state index in [1.807, 2.05) is 91.8 Å². The first kappa shape index (κ1) is 121. The Bertz CT molecular complexity index is 7210. The number of nitrogen functional groups attached to an aromatic ring is 3. The van der Waals surface area contributed by atoms with Gasteiger partial charge in [0.05, 0.1) is 103 Å². The summed E-state index contributed by atoms with van der Waals surface area (Å²) >= 11 is 27.6. The van der Waals surface area contributed by atoms with Crippen LogP contribution in [0.1, 0.15) is 76.7 Å². The van der Waals surface area contributed by atoms with Crippen molar-refractivity contribution in [2.75, 3.05) is 108 Å². The molecule has 10 aromatic heterocycles. The van der Waals surface area contributed by atoms with Crippen LogP contribution in [0.2, 0.25) is 25.8 Å². The normalized spacial score (nSPS) is 10.2. The molecule has 0 spiro atoms. The molecule has 21 N–H and O–H groups in total. The maximum atomic E-state index is 13.1. The number of nitrogens with zero attached hydrogens (tertiary/aromatic N) is 18. The van der Waals surface area contributed by atoms with Crippen LogP contribution in [0.4, 0.5) is 153 Å². The van der Waals surface area contributed by atoms with Crippen LogP contribution in [-0.4, -0.2) is 164 Å². The van der Waals surface area contributed by atoms with Crippen LogP contribution in [0.5, 0.6) is 34.5 Å². The molecule has 0 bridgehead atoms. The number of amides is 2. The number of H-pyrrole nitrogens is 5. The molecule has 0 saturated heterocycles. The fourth-order valence-corrected chi connectivity index (χ4v) is 12.4. The molecule has 0 radical (unpaired) electrons. The van der Waals surface area contributed by atoms with E-state index in [1.165, 1.54) is 95.9 Å². The number of non-ortho nitro benzene ring substituents is 2. The van der Waals surface area contributed by atoms with E-state index in [0.717, 1.165) is 81.7 Å². The van der Waals surface area contributed by atoms with Crippen molar-refractivity contribution >= 4 is 185 Å². The Balaban J connectivity index is 0.000000273. The minimum absolute atomic E-state index is 0.